The van der Waals surface area contributed by atoms with E-state index in [1.165, 1.54) is 5.56 Å². The van der Waals surface area contributed by atoms with Gasteiger partial charge >= 0.3 is 0 Å². The van der Waals surface area contributed by atoms with Gasteiger partial charge in [0.15, 0.2) is 5.82 Å². The maximum absolute atomic E-state index is 12.1. The van der Waals surface area contributed by atoms with E-state index in [0.29, 0.717) is 11.5 Å². The number of piperidine rings is 1. The van der Waals surface area contributed by atoms with Gasteiger partial charge in [-0.05, 0) is 37.6 Å². The predicted octanol–water partition coefficient (Wildman–Crippen LogP) is 2.00. The maximum Gasteiger partial charge on any atom is 0.251 e. The Morgan fingerprint density at radius 1 is 1.12 bits per heavy atom. The number of nitrogens with zero attached hydrogens (tertiary/aromatic N) is 5. The number of aromatic nitrogens is 5. The average molecular weight is 348 g/mol. The van der Waals surface area contributed by atoms with E-state index in [-0.39, 0.29) is 11.5 Å². The number of pyridine rings is 1. The van der Waals surface area contributed by atoms with Crippen molar-refractivity contribution < 1.29 is 0 Å². The topological polar surface area (TPSA) is 87.7 Å². The summed E-state index contributed by atoms with van der Waals surface area (Å²) in [6.45, 7) is 2.87. The molecule has 4 rings (SSSR count). The molecule has 132 valence electrons. The lowest BCUT2D eigenvalue weighted by molar-refractivity contribution is 0.203. The molecular formula is C19H20N6O. The molecule has 0 bridgehead atoms. The van der Waals surface area contributed by atoms with Crippen LogP contribution in [-0.2, 0) is 6.54 Å². The van der Waals surface area contributed by atoms with Crippen molar-refractivity contribution in [2.75, 3.05) is 13.1 Å². The normalized spacial score (nSPS) is 15.8. The van der Waals surface area contributed by atoms with E-state index in [4.69, 9.17) is 0 Å². The number of hydrogen-bond donors (Lipinski definition) is 1. The van der Waals surface area contributed by atoms with Crippen LogP contribution >= 0.6 is 0 Å². The van der Waals surface area contributed by atoms with Crippen molar-refractivity contribution in [1.82, 2.24) is 29.8 Å². The molecule has 0 spiro atoms. The standard InChI is InChI=1S/C19H20N6O/c26-18-10-16(23-19(24-18)17-12-21-6-7-22-17)15-3-8-25(9-4-15)13-14-2-1-5-20-11-14/h1-2,5-7,10-12,15H,3-4,8-9,13H2,(H,23,24,26). The van der Waals surface area contributed by atoms with Crippen LogP contribution in [0, 0.1) is 0 Å². The second-order valence-corrected chi connectivity index (χ2v) is 6.52. The zero-order valence-corrected chi connectivity index (χ0v) is 14.4. The summed E-state index contributed by atoms with van der Waals surface area (Å²) in [6.07, 6.45) is 10.5. The van der Waals surface area contributed by atoms with Gasteiger partial charge in [0.25, 0.3) is 5.56 Å². The third-order valence-electron chi connectivity index (χ3n) is 4.70. The van der Waals surface area contributed by atoms with Crippen molar-refractivity contribution in [3.63, 3.8) is 0 Å². The third-order valence-corrected chi connectivity index (χ3v) is 4.70. The van der Waals surface area contributed by atoms with Crippen molar-refractivity contribution in [3.05, 3.63) is 70.8 Å². The number of likely N-dealkylation sites (tertiary alicyclic amines) is 1. The Morgan fingerprint density at radius 2 is 1.96 bits per heavy atom. The summed E-state index contributed by atoms with van der Waals surface area (Å²) in [5.41, 5.74) is 2.51. The quantitative estimate of drug-likeness (QED) is 0.776. The van der Waals surface area contributed by atoms with Gasteiger partial charge in [0, 0.05) is 43.3 Å². The van der Waals surface area contributed by atoms with E-state index in [9.17, 15) is 4.79 Å². The number of nitrogens with one attached hydrogen (secondary N) is 1. The molecule has 0 unspecified atom stereocenters. The third kappa shape index (κ3) is 3.83. The monoisotopic (exact) mass is 348 g/mol. The van der Waals surface area contributed by atoms with Crippen LogP contribution in [0.25, 0.3) is 11.5 Å². The van der Waals surface area contributed by atoms with Crippen molar-refractivity contribution in [2.45, 2.75) is 25.3 Å². The van der Waals surface area contributed by atoms with Crippen molar-refractivity contribution in [3.8, 4) is 11.5 Å². The minimum absolute atomic E-state index is 0.145. The number of aromatic amines is 1. The highest BCUT2D eigenvalue weighted by atomic mass is 16.1. The fourth-order valence-electron chi connectivity index (χ4n) is 3.36. The Labute approximate surface area is 151 Å². The first-order chi connectivity index (χ1) is 12.8. The van der Waals surface area contributed by atoms with Crippen LogP contribution < -0.4 is 5.56 Å². The lowest BCUT2D eigenvalue weighted by atomic mass is 9.93. The van der Waals surface area contributed by atoms with Crippen LogP contribution in [0.15, 0.2) is 54.0 Å². The van der Waals surface area contributed by atoms with Gasteiger partial charge in [-0.25, -0.2) is 9.97 Å². The summed E-state index contributed by atoms with van der Waals surface area (Å²) >= 11 is 0. The van der Waals surface area contributed by atoms with Crippen molar-refractivity contribution >= 4 is 0 Å². The number of H-pyrrole nitrogens is 1. The Kier molecular flexibility index (Phi) is 4.79. The summed E-state index contributed by atoms with van der Waals surface area (Å²) in [5, 5.41) is 0. The lowest BCUT2D eigenvalue weighted by Gasteiger charge is -2.31. The van der Waals surface area contributed by atoms with Gasteiger partial charge in [-0.2, -0.15) is 0 Å². The van der Waals surface area contributed by atoms with Crippen LogP contribution in [0.2, 0.25) is 0 Å². The van der Waals surface area contributed by atoms with E-state index in [1.54, 1.807) is 30.9 Å². The zero-order chi connectivity index (χ0) is 17.8. The molecule has 1 aliphatic heterocycles. The van der Waals surface area contributed by atoms with Gasteiger partial charge in [0.05, 0.1) is 11.9 Å². The number of rotatable bonds is 4. The van der Waals surface area contributed by atoms with Crippen molar-refractivity contribution in [1.29, 1.82) is 0 Å². The number of hydrogen-bond acceptors (Lipinski definition) is 6. The SMILES string of the molecule is O=c1cc(C2CCN(Cc3cccnc3)CC2)nc(-c2cnccn2)[nH]1. The molecule has 0 aliphatic carbocycles. The predicted molar refractivity (Wildman–Crippen MR) is 97.4 cm³/mol. The molecule has 7 heteroatoms. The van der Waals surface area contributed by atoms with E-state index in [0.717, 1.165) is 38.2 Å². The molecule has 0 saturated carbocycles. The zero-order valence-electron chi connectivity index (χ0n) is 14.4. The van der Waals surface area contributed by atoms with Crippen LogP contribution in [0.3, 0.4) is 0 Å². The molecule has 3 aromatic heterocycles. The smallest absolute Gasteiger partial charge is 0.251 e. The Balaban J connectivity index is 1.46. The highest BCUT2D eigenvalue weighted by molar-refractivity contribution is 5.46. The van der Waals surface area contributed by atoms with Crippen LogP contribution in [-0.4, -0.2) is 42.9 Å². The highest BCUT2D eigenvalue weighted by Gasteiger charge is 2.22. The average Bonchev–Trinajstić information content (AvgIpc) is 2.70. The van der Waals surface area contributed by atoms with Crippen LogP contribution in [0.5, 0.6) is 0 Å². The Bertz CT molecular complexity index is 904. The molecule has 1 saturated heterocycles. The minimum Gasteiger partial charge on any atom is -0.305 e. The van der Waals surface area contributed by atoms with E-state index in [1.807, 2.05) is 12.3 Å². The van der Waals surface area contributed by atoms with Gasteiger partial charge in [0.2, 0.25) is 0 Å². The summed E-state index contributed by atoms with van der Waals surface area (Å²) in [4.78, 5) is 34.3. The molecule has 0 aromatic carbocycles. The molecule has 4 heterocycles. The molecule has 0 radical (unpaired) electrons. The minimum atomic E-state index is -0.145. The molecule has 0 amide bonds. The molecule has 1 N–H and O–H groups in total. The van der Waals surface area contributed by atoms with Gasteiger partial charge < -0.3 is 4.98 Å². The van der Waals surface area contributed by atoms with Gasteiger partial charge in [0.1, 0.15) is 5.69 Å². The summed E-state index contributed by atoms with van der Waals surface area (Å²) in [6, 6.07) is 5.68. The molecule has 7 nitrogen and oxygen atoms in total. The van der Waals surface area contributed by atoms with E-state index < -0.39 is 0 Å². The summed E-state index contributed by atoms with van der Waals surface area (Å²) in [5.74, 6) is 0.774. The van der Waals surface area contributed by atoms with Gasteiger partial charge in [-0.3, -0.25) is 19.7 Å². The molecule has 1 aliphatic rings. The largest absolute Gasteiger partial charge is 0.305 e. The molecule has 1 fully saturated rings. The van der Waals surface area contributed by atoms with Crippen LogP contribution in [0.1, 0.15) is 30.0 Å². The molecule has 0 atom stereocenters. The molecule has 3 aromatic rings. The van der Waals surface area contributed by atoms with Crippen molar-refractivity contribution in [2.24, 2.45) is 0 Å². The van der Waals surface area contributed by atoms with E-state index in [2.05, 4.69) is 35.9 Å². The molecular weight excluding hydrogens is 328 g/mol. The summed E-state index contributed by atoms with van der Waals surface area (Å²) in [7, 11) is 0. The van der Waals surface area contributed by atoms with Crippen LogP contribution in [0.4, 0.5) is 0 Å². The Morgan fingerprint density at radius 3 is 2.69 bits per heavy atom. The first kappa shape index (κ1) is 16.5. The fraction of sp³-hybridized carbons (Fsp3) is 0.316. The maximum atomic E-state index is 12.1. The lowest BCUT2D eigenvalue weighted by Crippen LogP contribution is -2.33. The Hall–Kier alpha value is -2.93. The highest BCUT2D eigenvalue weighted by Crippen LogP contribution is 2.27. The van der Waals surface area contributed by atoms with Gasteiger partial charge in [-0.1, -0.05) is 6.07 Å². The first-order valence-corrected chi connectivity index (χ1v) is 8.77. The molecule has 26 heavy (non-hydrogen) atoms. The summed E-state index contributed by atoms with van der Waals surface area (Å²) < 4.78 is 0. The first-order valence-electron chi connectivity index (χ1n) is 8.77. The van der Waals surface area contributed by atoms with E-state index >= 15 is 0 Å². The fourth-order valence-corrected chi connectivity index (χ4v) is 3.36. The second kappa shape index (κ2) is 7.53. The second-order valence-electron chi connectivity index (χ2n) is 6.52. The van der Waals surface area contributed by atoms with Gasteiger partial charge in [-0.15, -0.1) is 0 Å².